The summed E-state index contributed by atoms with van der Waals surface area (Å²) in [6, 6.07) is 9.20. The van der Waals surface area contributed by atoms with E-state index >= 15 is 0 Å². The Labute approximate surface area is 120 Å². The summed E-state index contributed by atoms with van der Waals surface area (Å²) >= 11 is 5.99. The molecule has 0 saturated heterocycles. The van der Waals surface area contributed by atoms with E-state index in [0.717, 1.165) is 11.6 Å². The molecule has 0 radical (unpaired) electrons. The molecular formula is C15H12ClFO3. The minimum Gasteiger partial charge on any atom is -0.487 e. The normalized spacial score (nSPS) is 10.3. The Morgan fingerprint density at radius 3 is 2.75 bits per heavy atom. The Hall–Kier alpha value is -2.07. The first-order valence-electron chi connectivity index (χ1n) is 5.88. The Morgan fingerprint density at radius 1 is 1.30 bits per heavy atom. The van der Waals surface area contributed by atoms with Crippen LogP contribution in [0.2, 0.25) is 5.02 Å². The predicted octanol–water partition coefficient (Wildman–Crippen LogP) is 4.06. The van der Waals surface area contributed by atoms with Crippen LogP contribution in [0.1, 0.15) is 21.5 Å². The van der Waals surface area contributed by atoms with Crippen molar-refractivity contribution in [2.24, 2.45) is 0 Å². The monoisotopic (exact) mass is 294 g/mol. The third kappa shape index (κ3) is 3.27. The highest BCUT2D eigenvalue weighted by Crippen LogP contribution is 2.26. The van der Waals surface area contributed by atoms with Gasteiger partial charge >= 0.3 is 5.97 Å². The third-order valence-corrected chi connectivity index (χ3v) is 3.05. The molecule has 0 fully saturated rings. The lowest BCUT2D eigenvalue weighted by molar-refractivity contribution is 0.0691. The third-order valence-electron chi connectivity index (χ3n) is 2.74. The van der Waals surface area contributed by atoms with E-state index in [9.17, 15) is 9.18 Å². The van der Waals surface area contributed by atoms with Crippen LogP contribution in [0.15, 0.2) is 36.4 Å². The highest BCUT2D eigenvalue weighted by atomic mass is 35.5. The second kappa shape index (κ2) is 5.92. The number of aromatic carboxylic acids is 1. The first-order chi connectivity index (χ1) is 9.47. The van der Waals surface area contributed by atoms with Crippen LogP contribution >= 0.6 is 11.6 Å². The van der Waals surface area contributed by atoms with Crippen molar-refractivity contribution in [3.8, 4) is 5.75 Å². The van der Waals surface area contributed by atoms with Gasteiger partial charge in [-0.3, -0.25) is 0 Å². The van der Waals surface area contributed by atoms with E-state index in [0.29, 0.717) is 16.3 Å². The fourth-order valence-corrected chi connectivity index (χ4v) is 1.88. The van der Waals surface area contributed by atoms with Crippen molar-refractivity contribution in [1.29, 1.82) is 0 Å². The number of aryl methyl sites for hydroxylation is 1. The van der Waals surface area contributed by atoms with Gasteiger partial charge in [0.15, 0.2) is 0 Å². The van der Waals surface area contributed by atoms with Crippen LogP contribution in [-0.4, -0.2) is 11.1 Å². The van der Waals surface area contributed by atoms with Crippen LogP contribution in [0.5, 0.6) is 5.75 Å². The molecule has 0 saturated carbocycles. The molecule has 2 aromatic carbocycles. The number of halogens is 2. The molecule has 104 valence electrons. The molecule has 2 rings (SSSR count). The molecule has 0 unspecified atom stereocenters. The van der Waals surface area contributed by atoms with E-state index in [4.69, 9.17) is 21.4 Å². The van der Waals surface area contributed by atoms with Gasteiger partial charge in [-0.2, -0.15) is 0 Å². The number of carbonyl (C=O) groups is 1. The predicted molar refractivity (Wildman–Crippen MR) is 73.9 cm³/mol. The van der Waals surface area contributed by atoms with Gasteiger partial charge in [0.05, 0.1) is 10.6 Å². The fraction of sp³-hybridized carbons (Fsp3) is 0.133. The largest absolute Gasteiger partial charge is 0.487 e. The maximum atomic E-state index is 13.3. The van der Waals surface area contributed by atoms with Crippen molar-refractivity contribution in [3.05, 3.63) is 63.9 Å². The smallest absolute Gasteiger partial charge is 0.338 e. The van der Waals surface area contributed by atoms with Crippen molar-refractivity contribution in [3.63, 3.8) is 0 Å². The maximum absolute atomic E-state index is 13.3. The molecule has 0 aliphatic heterocycles. The summed E-state index contributed by atoms with van der Waals surface area (Å²) < 4.78 is 18.8. The summed E-state index contributed by atoms with van der Waals surface area (Å²) in [5.41, 5.74) is 1.18. The lowest BCUT2D eigenvalue weighted by Gasteiger charge is -2.09. The molecule has 0 heterocycles. The quantitative estimate of drug-likeness (QED) is 0.925. The molecule has 0 spiro atoms. The van der Waals surface area contributed by atoms with Gasteiger partial charge in [-0.25, -0.2) is 9.18 Å². The Kier molecular flexibility index (Phi) is 4.25. The molecular weight excluding hydrogens is 283 g/mol. The molecule has 5 heteroatoms. The molecule has 1 N–H and O–H groups in total. The highest BCUT2D eigenvalue weighted by Gasteiger charge is 2.11. The number of benzene rings is 2. The van der Waals surface area contributed by atoms with E-state index in [1.807, 2.05) is 13.0 Å². The van der Waals surface area contributed by atoms with Crippen molar-refractivity contribution in [1.82, 2.24) is 0 Å². The zero-order valence-corrected chi connectivity index (χ0v) is 11.4. The van der Waals surface area contributed by atoms with Gasteiger partial charge in [0.1, 0.15) is 18.2 Å². The number of hydrogen-bond acceptors (Lipinski definition) is 2. The molecule has 0 bridgehead atoms. The molecule has 0 aliphatic rings. The first-order valence-corrected chi connectivity index (χ1v) is 6.26. The van der Waals surface area contributed by atoms with Gasteiger partial charge in [-0.05, 0) is 42.3 Å². The minimum absolute atomic E-state index is 0.115. The summed E-state index contributed by atoms with van der Waals surface area (Å²) in [6.07, 6.45) is 0. The molecule has 2 aromatic rings. The first kappa shape index (κ1) is 14.3. The summed E-state index contributed by atoms with van der Waals surface area (Å²) in [4.78, 5) is 10.8. The number of carboxylic acid groups (broad SMARTS) is 1. The molecule has 3 nitrogen and oxygen atoms in total. The van der Waals surface area contributed by atoms with Crippen molar-refractivity contribution in [2.75, 3.05) is 0 Å². The molecule has 0 aliphatic carbocycles. The average molecular weight is 295 g/mol. The lowest BCUT2D eigenvalue weighted by atomic mass is 10.1. The second-order valence-electron chi connectivity index (χ2n) is 4.34. The zero-order valence-electron chi connectivity index (χ0n) is 10.7. The van der Waals surface area contributed by atoms with Gasteiger partial charge in [0, 0.05) is 0 Å². The van der Waals surface area contributed by atoms with Gasteiger partial charge in [0.25, 0.3) is 0 Å². The van der Waals surface area contributed by atoms with Crippen molar-refractivity contribution in [2.45, 2.75) is 13.5 Å². The van der Waals surface area contributed by atoms with Crippen LogP contribution in [0, 0.1) is 12.7 Å². The van der Waals surface area contributed by atoms with Crippen molar-refractivity contribution >= 4 is 17.6 Å². The van der Waals surface area contributed by atoms with Crippen LogP contribution in [0.3, 0.4) is 0 Å². The molecule has 0 amide bonds. The SMILES string of the molecule is Cc1ccc(Cl)c(OCc2ccc(F)c(C(=O)O)c2)c1. The zero-order chi connectivity index (χ0) is 14.7. The maximum Gasteiger partial charge on any atom is 0.338 e. The Morgan fingerprint density at radius 2 is 2.05 bits per heavy atom. The van der Waals surface area contributed by atoms with E-state index < -0.39 is 11.8 Å². The topological polar surface area (TPSA) is 46.5 Å². The Balaban J connectivity index is 2.17. The second-order valence-corrected chi connectivity index (χ2v) is 4.75. The van der Waals surface area contributed by atoms with Crippen LogP contribution < -0.4 is 4.74 Å². The number of rotatable bonds is 4. The summed E-state index contributed by atoms with van der Waals surface area (Å²) in [5, 5.41) is 9.32. The molecule has 20 heavy (non-hydrogen) atoms. The fourth-order valence-electron chi connectivity index (χ4n) is 1.71. The van der Waals surface area contributed by atoms with Crippen LogP contribution in [-0.2, 0) is 6.61 Å². The number of hydrogen-bond donors (Lipinski definition) is 1. The minimum atomic E-state index is -1.31. The van der Waals surface area contributed by atoms with E-state index in [-0.39, 0.29) is 12.2 Å². The highest BCUT2D eigenvalue weighted by molar-refractivity contribution is 6.32. The average Bonchev–Trinajstić information content (AvgIpc) is 2.41. The van der Waals surface area contributed by atoms with Gasteiger partial charge in [-0.1, -0.05) is 23.7 Å². The number of carboxylic acids is 1. The Bertz CT molecular complexity index is 656. The van der Waals surface area contributed by atoms with Gasteiger partial charge < -0.3 is 9.84 Å². The van der Waals surface area contributed by atoms with Gasteiger partial charge in [0.2, 0.25) is 0 Å². The van der Waals surface area contributed by atoms with Gasteiger partial charge in [-0.15, -0.1) is 0 Å². The molecule has 0 atom stereocenters. The van der Waals surface area contributed by atoms with E-state index in [2.05, 4.69) is 0 Å². The van der Waals surface area contributed by atoms with Crippen LogP contribution in [0.25, 0.3) is 0 Å². The standard InChI is InChI=1S/C15H12ClFO3/c1-9-2-4-12(16)14(6-9)20-8-10-3-5-13(17)11(7-10)15(18)19/h2-7H,8H2,1H3,(H,18,19). The summed E-state index contributed by atoms with van der Waals surface area (Å²) in [7, 11) is 0. The van der Waals surface area contributed by atoms with Crippen molar-refractivity contribution < 1.29 is 19.0 Å². The summed E-state index contributed by atoms with van der Waals surface area (Å²) in [6.45, 7) is 2.02. The summed E-state index contributed by atoms with van der Waals surface area (Å²) in [5.74, 6) is -1.57. The van der Waals surface area contributed by atoms with E-state index in [1.165, 1.54) is 12.1 Å². The lowest BCUT2D eigenvalue weighted by Crippen LogP contribution is -2.03. The van der Waals surface area contributed by atoms with Crippen LogP contribution in [0.4, 0.5) is 4.39 Å². The molecule has 0 aromatic heterocycles. The number of ether oxygens (including phenoxy) is 1. The van der Waals surface area contributed by atoms with E-state index in [1.54, 1.807) is 12.1 Å².